The zero-order chi connectivity index (χ0) is 14.7. The van der Waals surface area contributed by atoms with Crippen LogP contribution in [-0.2, 0) is 0 Å². The van der Waals surface area contributed by atoms with Gasteiger partial charge >= 0.3 is 0 Å². The van der Waals surface area contributed by atoms with E-state index >= 15 is 0 Å². The highest BCUT2D eigenvalue weighted by Gasteiger charge is 2.20. The van der Waals surface area contributed by atoms with Gasteiger partial charge < -0.3 is 15.2 Å². The molecule has 0 amide bonds. The van der Waals surface area contributed by atoms with Crippen molar-refractivity contribution in [2.45, 2.75) is 18.9 Å². The number of likely N-dealkylation sites (tertiary alicyclic amines) is 1. The Balaban J connectivity index is 1.71. The molecule has 0 radical (unpaired) electrons. The molecule has 2 aromatic heterocycles. The number of rotatable bonds is 4. The first-order valence-corrected chi connectivity index (χ1v) is 6.94. The monoisotopic (exact) mass is 284 g/mol. The number of nitriles is 1. The fourth-order valence-corrected chi connectivity index (χ4v) is 2.40. The third-order valence-electron chi connectivity index (χ3n) is 3.54. The zero-order valence-corrected chi connectivity index (χ0v) is 11.6. The van der Waals surface area contributed by atoms with E-state index in [2.05, 4.69) is 20.0 Å². The molecule has 0 saturated carbocycles. The number of nitrogens with two attached hydrogens (primary N) is 1. The molecular weight excluding hydrogens is 268 g/mol. The minimum Gasteiger partial charge on any atom is -0.332 e. The van der Waals surface area contributed by atoms with Crippen molar-refractivity contribution in [3.05, 3.63) is 29.7 Å². The van der Waals surface area contributed by atoms with Crippen molar-refractivity contribution in [2.24, 2.45) is 5.73 Å². The van der Waals surface area contributed by atoms with Gasteiger partial charge in [0.1, 0.15) is 11.8 Å². The molecule has 2 aromatic rings. The molecule has 1 atom stereocenters. The Morgan fingerprint density at radius 3 is 2.86 bits per heavy atom. The highest BCUT2D eigenvalue weighted by Crippen LogP contribution is 2.18. The quantitative estimate of drug-likeness (QED) is 0.896. The number of nitrogens with zero attached hydrogens (tertiary/aromatic N) is 5. The second-order valence-corrected chi connectivity index (χ2v) is 5.12. The maximum atomic E-state index is 8.75. The van der Waals surface area contributed by atoms with Gasteiger partial charge in [0, 0.05) is 12.7 Å². The van der Waals surface area contributed by atoms with E-state index in [1.165, 1.54) is 19.0 Å². The van der Waals surface area contributed by atoms with Gasteiger partial charge in [-0.1, -0.05) is 5.16 Å². The van der Waals surface area contributed by atoms with Gasteiger partial charge in [0.05, 0.1) is 11.6 Å². The standard InChI is InChI=1S/C14H16N6O/c15-7-10-3-4-12(17-8-10)14-18-13(19-21-14)11(16)9-20-5-1-2-6-20/h3-4,8,11H,1-2,5-6,9,16H2. The molecule has 1 saturated heterocycles. The van der Waals surface area contributed by atoms with Gasteiger partial charge in [-0.25, -0.2) is 4.98 Å². The maximum absolute atomic E-state index is 8.75. The predicted octanol–water partition coefficient (Wildman–Crippen LogP) is 1.10. The Bertz CT molecular complexity index is 638. The number of aromatic nitrogens is 3. The smallest absolute Gasteiger partial charge is 0.276 e. The molecule has 7 nitrogen and oxygen atoms in total. The summed E-state index contributed by atoms with van der Waals surface area (Å²) in [7, 11) is 0. The van der Waals surface area contributed by atoms with Crippen LogP contribution < -0.4 is 5.73 Å². The van der Waals surface area contributed by atoms with Crippen molar-refractivity contribution >= 4 is 0 Å². The molecule has 2 N–H and O–H groups in total. The summed E-state index contributed by atoms with van der Waals surface area (Å²) >= 11 is 0. The molecule has 1 unspecified atom stereocenters. The van der Waals surface area contributed by atoms with E-state index in [1.54, 1.807) is 12.1 Å². The van der Waals surface area contributed by atoms with Crippen molar-refractivity contribution in [3.63, 3.8) is 0 Å². The molecule has 3 rings (SSSR count). The minimum atomic E-state index is -0.265. The largest absolute Gasteiger partial charge is 0.332 e. The SMILES string of the molecule is N#Cc1ccc(-c2nc(C(N)CN3CCCC3)no2)nc1. The van der Waals surface area contributed by atoms with E-state index in [9.17, 15) is 0 Å². The number of hydrogen-bond acceptors (Lipinski definition) is 7. The molecular formula is C14H16N6O. The fraction of sp³-hybridized carbons (Fsp3) is 0.429. The number of pyridine rings is 1. The van der Waals surface area contributed by atoms with Crippen LogP contribution in [0.25, 0.3) is 11.6 Å². The third kappa shape index (κ3) is 3.07. The summed E-state index contributed by atoms with van der Waals surface area (Å²) in [6.07, 6.45) is 3.92. The van der Waals surface area contributed by atoms with Crippen molar-refractivity contribution in [2.75, 3.05) is 19.6 Å². The average Bonchev–Trinajstić information content (AvgIpc) is 3.18. The maximum Gasteiger partial charge on any atom is 0.276 e. The van der Waals surface area contributed by atoms with E-state index in [4.69, 9.17) is 15.5 Å². The van der Waals surface area contributed by atoms with Crippen molar-refractivity contribution in [1.29, 1.82) is 5.26 Å². The lowest BCUT2D eigenvalue weighted by Crippen LogP contribution is -2.30. The second-order valence-electron chi connectivity index (χ2n) is 5.12. The first kappa shape index (κ1) is 13.7. The Morgan fingerprint density at radius 2 is 2.19 bits per heavy atom. The lowest BCUT2D eigenvalue weighted by molar-refractivity contribution is 0.306. The molecule has 108 valence electrons. The highest BCUT2D eigenvalue weighted by molar-refractivity contribution is 5.47. The van der Waals surface area contributed by atoms with Crippen LogP contribution in [0.5, 0.6) is 0 Å². The average molecular weight is 284 g/mol. The van der Waals surface area contributed by atoms with Crippen LogP contribution in [0.4, 0.5) is 0 Å². The van der Waals surface area contributed by atoms with Crippen LogP contribution in [-0.4, -0.2) is 39.7 Å². The molecule has 0 aromatic carbocycles. The molecule has 1 aliphatic rings. The van der Waals surface area contributed by atoms with Crippen LogP contribution in [0.15, 0.2) is 22.9 Å². The molecule has 7 heteroatoms. The van der Waals surface area contributed by atoms with Crippen molar-refractivity contribution < 1.29 is 4.52 Å². The summed E-state index contributed by atoms with van der Waals surface area (Å²) < 4.78 is 5.20. The van der Waals surface area contributed by atoms with Crippen LogP contribution in [0.3, 0.4) is 0 Å². The fourth-order valence-electron chi connectivity index (χ4n) is 2.40. The summed E-state index contributed by atoms with van der Waals surface area (Å²) in [5.41, 5.74) is 7.15. The van der Waals surface area contributed by atoms with Crippen LogP contribution in [0.2, 0.25) is 0 Å². The molecule has 21 heavy (non-hydrogen) atoms. The Morgan fingerprint density at radius 1 is 1.38 bits per heavy atom. The lowest BCUT2D eigenvalue weighted by Gasteiger charge is -2.17. The van der Waals surface area contributed by atoms with Gasteiger partial charge in [0.2, 0.25) is 0 Å². The Kier molecular flexibility index (Phi) is 3.90. The lowest BCUT2D eigenvalue weighted by atomic mass is 10.2. The minimum absolute atomic E-state index is 0.265. The first-order valence-electron chi connectivity index (χ1n) is 6.94. The summed E-state index contributed by atoms with van der Waals surface area (Å²) in [5, 5.41) is 12.7. The molecule has 0 aliphatic carbocycles. The van der Waals surface area contributed by atoms with Crippen LogP contribution >= 0.6 is 0 Å². The van der Waals surface area contributed by atoms with E-state index in [0.717, 1.165) is 19.6 Å². The van der Waals surface area contributed by atoms with E-state index in [0.29, 0.717) is 23.0 Å². The summed E-state index contributed by atoms with van der Waals surface area (Å²) in [4.78, 5) is 10.7. The van der Waals surface area contributed by atoms with Crippen LogP contribution in [0.1, 0.15) is 30.3 Å². The molecule has 0 spiro atoms. The summed E-state index contributed by atoms with van der Waals surface area (Å²) in [6, 6.07) is 5.10. The first-order chi connectivity index (χ1) is 10.3. The number of hydrogen-bond donors (Lipinski definition) is 1. The zero-order valence-electron chi connectivity index (χ0n) is 11.6. The highest BCUT2D eigenvalue weighted by atomic mass is 16.5. The third-order valence-corrected chi connectivity index (χ3v) is 3.54. The van der Waals surface area contributed by atoms with Crippen molar-refractivity contribution in [3.8, 4) is 17.7 Å². The summed E-state index contributed by atoms with van der Waals surface area (Å²) in [5.74, 6) is 0.814. The Labute approximate surface area is 122 Å². The van der Waals surface area contributed by atoms with E-state index < -0.39 is 0 Å². The van der Waals surface area contributed by atoms with Gasteiger partial charge in [-0.05, 0) is 38.1 Å². The van der Waals surface area contributed by atoms with Crippen molar-refractivity contribution in [1.82, 2.24) is 20.0 Å². The molecule has 0 bridgehead atoms. The Hall–Kier alpha value is -2.30. The van der Waals surface area contributed by atoms with Gasteiger partial charge in [0.15, 0.2) is 5.82 Å². The van der Waals surface area contributed by atoms with Crippen LogP contribution in [0, 0.1) is 11.3 Å². The molecule has 3 heterocycles. The van der Waals surface area contributed by atoms with Gasteiger partial charge in [-0.15, -0.1) is 0 Å². The van der Waals surface area contributed by atoms with E-state index in [-0.39, 0.29) is 6.04 Å². The van der Waals surface area contributed by atoms with E-state index in [1.807, 2.05) is 6.07 Å². The second kappa shape index (κ2) is 5.99. The van der Waals surface area contributed by atoms with Gasteiger partial charge in [-0.3, -0.25) is 0 Å². The predicted molar refractivity (Wildman–Crippen MR) is 74.8 cm³/mol. The summed E-state index contributed by atoms with van der Waals surface area (Å²) in [6.45, 7) is 2.89. The topological polar surface area (TPSA) is 105 Å². The molecule has 1 fully saturated rings. The van der Waals surface area contributed by atoms with Gasteiger partial charge in [-0.2, -0.15) is 10.2 Å². The normalized spacial score (nSPS) is 16.8. The molecule has 1 aliphatic heterocycles. The van der Waals surface area contributed by atoms with Gasteiger partial charge in [0.25, 0.3) is 5.89 Å².